The lowest BCUT2D eigenvalue weighted by Crippen LogP contribution is -2.54. The number of hydrogen-bond acceptors (Lipinski definition) is 2. The van der Waals surface area contributed by atoms with Crippen molar-refractivity contribution in [3.05, 3.63) is 0 Å². The summed E-state index contributed by atoms with van der Waals surface area (Å²) in [5.41, 5.74) is -1.32. The van der Waals surface area contributed by atoms with Gasteiger partial charge in [-0.05, 0) is 17.8 Å². The normalized spacial score (nSPS) is 16.9. The summed E-state index contributed by atoms with van der Waals surface area (Å²) in [7, 11) is 0. The highest BCUT2D eigenvalue weighted by molar-refractivity contribution is 5.00. The Morgan fingerprint density at radius 2 is 1.21 bits per heavy atom. The van der Waals surface area contributed by atoms with E-state index in [0.29, 0.717) is 6.42 Å². The molecule has 1 unspecified atom stereocenters. The van der Waals surface area contributed by atoms with Crippen LogP contribution in [-0.4, -0.2) is 21.9 Å². The smallest absolute Gasteiger partial charge is 0.0768 e. The average molecular weight is 202 g/mol. The van der Waals surface area contributed by atoms with Gasteiger partial charge in [0.05, 0.1) is 11.7 Å². The van der Waals surface area contributed by atoms with Gasteiger partial charge in [0.2, 0.25) is 0 Å². The van der Waals surface area contributed by atoms with Crippen LogP contribution in [-0.2, 0) is 0 Å². The molecule has 0 amide bonds. The van der Waals surface area contributed by atoms with Crippen molar-refractivity contribution in [1.29, 1.82) is 0 Å². The maximum Gasteiger partial charge on any atom is 0.0768 e. The molecule has 0 bridgehead atoms. The number of hydrogen-bond donors (Lipinski definition) is 2. The minimum Gasteiger partial charge on any atom is -0.393 e. The van der Waals surface area contributed by atoms with E-state index in [1.807, 2.05) is 41.5 Å². The van der Waals surface area contributed by atoms with Crippen LogP contribution in [0, 0.1) is 10.8 Å². The highest BCUT2D eigenvalue weighted by Gasteiger charge is 2.49. The van der Waals surface area contributed by atoms with E-state index in [1.165, 1.54) is 0 Å². The van der Waals surface area contributed by atoms with E-state index < -0.39 is 11.7 Å². The van der Waals surface area contributed by atoms with Crippen molar-refractivity contribution in [3.8, 4) is 0 Å². The number of aliphatic hydroxyl groups excluding tert-OH is 1. The SMILES string of the molecule is CC(O)CC(O)(C(C)(C)C)C(C)(C)C. The van der Waals surface area contributed by atoms with Crippen LogP contribution in [0.3, 0.4) is 0 Å². The summed E-state index contributed by atoms with van der Waals surface area (Å²) < 4.78 is 0. The first-order valence-corrected chi connectivity index (χ1v) is 5.32. The highest BCUT2D eigenvalue weighted by Crippen LogP contribution is 2.46. The third-order valence-electron chi connectivity index (χ3n) is 3.07. The summed E-state index contributed by atoms with van der Waals surface area (Å²) in [6.45, 7) is 13.8. The van der Waals surface area contributed by atoms with Crippen molar-refractivity contribution in [2.75, 3.05) is 0 Å². The Hall–Kier alpha value is -0.0800. The second-order valence-corrected chi connectivity index (χ2v) is 6.41. The summed E-state index contributed by atoms with van der Waals surface area (Å²) in [5, 5.41) is 20.1. The van der Waals surface area contributed by atoms with Crippen LogP contribution in [0.1, 0.15) is 54.9 Å². The molecule has 0 rings (SSSR count). The third-order valence-corrected chi connectivity index (χ3v) is 3.07. The van der Waals surface area contributed by atoms with E-state index in [0.717, 1.165) is 0 Å². The Balaban J connectivity index is 5.07. The van der Waals surface area contributed by atoms with Crippen LogP contribution in [0.4, 0.5) is 0 Å². The van der Waals surface area contributed by atoms with Gasteiger partial charge in [0.15, 0.2) is 0 Å². The molecule has 0 aliphatic carbocycles. The molecule has 0 heterocycles. The lowest BCUT2D eigenvalue weighted by molar-refractivity contribution is -0.156. The molecule has 0 radical (unpaired) electrons. The maximum absolute atomic E-state index is 10.7. The molecule has 2 N–H and O–H groups in total. The van der Waals surface area contributed by atoms with E-state index in [4.69, 9.17) is 0 Å². The third kappa shape index (κ3) is 2.71. The maximum atomic E-state index is 10.7. The van der Waals surface area contributed by atoms with Crippen molar-refractivity contribution in [1.82, 2.24) is 0 Å². The van der Waals surface area contributed by atoms with Crippen LogP contribution in [0.5, 0.6) is 0 Å². The molecule has 2 heteroatoms. The van der Waals surface area contributed by atoms with Crippen LogP contribution < -0.4 is 0 Å². The van der Waals surface area contributed by atoms with Crippen LogP contribution in [0.25, 0.3) is 0 Å². The van der Waals surface area contributed by atoms with E-state index >= 15 is 0 Å². The average Bonchev–Trinajstić information content (AvgIpc) is 1.79. The Bertz CT molecular complexity index is 167. The van der Waals surface area contributed by atoms with Crippen molar-refractivity contribution in [2.45, 2.75) is 66.6 Å². The second-order valence-electron chi connectivity index (χ2n) is 6.41. The molecule has 1 atom stereocenters. The van der Waals surface area contributed by atoms with E-state index in [-0.39, 0.29) is 10.8 Å². The van der Waals surface area contributed by atoms with Crippen LogP contribution in [0.2, 0.25) is 0 Å². The van der Waals surface area contributed by atoms with Crippen molar-refractivity contribution < 1.29 is 10.2 Å². The molecule has 0 saturated carbocycles. The van der Waals surface area contributed by atoms with E-state index in [2.05, 4.69) is 0 Å². The van der Waals surface area contributed by atoms with Crippen molar-refractivity contribution in [3.63, 3.8) is 0 Å². The summed E-state index contributed by atoms with van der Waals surface area (Å²) >= 11 is 0. The molecular formula is C12H26O2. The topological polar surface area (TPSA) is 40.5 Å². The van der Waals surface area contributed by atoms with Gasteiger partial charge in [-0.1, -0.05) is 41.5 Å². The van der Waals surface area contributed by atoms with Gasteiger partial charge in [-0.2, -0.15) is 0 Å². The fraction of sp³-hybridized carbons (Fsp3) is 1.00. The largest absolute Gasteiger partial charge is 0.393 e. The second kappa shape index (κ2) is 3.82. The van der Waals surface area contributed by atoms with Crippen molar-refractivity contribution >= 4 is 0 Å². The van der Waals surface area contributed by atoms with Gasteiger partial charge < -0.3 is 10.2 Å². The van der Waals surface area contributed by atoms with Gasteiger partial charge in [-0.3, -0.25) is 0 Å². The fourth-order valence-electron chi connectivity index (χ4n) is 2.16. The zero-order chi connectivity index (χ0) is 11.8. The zero-order valence-corrected chi connectivity index (χ0v) is 10.7. The van der Waals surface area contributed by atoms with E-state index in [9.17, 15) is 10.2 Å². The lowest BCUT2D eigenvalue weighted by atomic mass is 9.60. The molecule has 14 heavy (non-hydrogen) atoms. The first-order valence-electron chi connectivity index (χ1n) is 5.32. The highest BCUT2D eigenvalue weighted by atomic mass is 16.3. The molecule has 0 spiro atoms. The molecule has 2 nitrogen and oxygen atoms in total. The van der Waals surface area contributed by atoms with E-state index in [1.54, 1.807) is 6.92 Å². The zero-order valence-electron chi connectivity index (χ0n) is 10.7. The van der Waals surface area contributed by atoms with Gasteiger partial charge in [-0.25, -0.2) is 0 Å². The molecular weight excluding hydrogens is 176 g/mol. The minimum absolute atomic E-state index is 0.234. The number of rotatable bonds is 2. The van der Waals surface area contributed by atoms with Gasteiger partial charge in [0.1, 0.15) is 0 Å². The minimum atomic E-state index is -0.853. The monoisotopic (exact) mass is 202 g/mol. The molecule has 0 aromatic carbocycles. The standard InChI is InChI=1S/C12H26O2/c1-9(13)8-12(14,10(2,3)4)11(5,6)7/h9,13-14H,8H2,1-7H3. The molecule has 0 fully saturated rings. The summed E-state index contributed by atoms with van der Waals surface area (Å²) in [4.78, 5) is 0. The van der Waals surface area contributed by atoms with Crippen molar-refractivity contribution in [2.24, 2.45) is 10.8 Å². The predicted molar refractivity (Wildman–Crippen MR) is 60.2 cm³/mol. The lowest BCUT2D eigenvalue weighted by Gasteiger charge is -2.50. The fourth-order valence-corrected chi connectivity index (χ4v) is 2.16. The quantitative estimate of drug-likeness (QED) is 0.722. The Labute approximate surface area is 88.3 Å². The molecule has 0 aliphatic heterocycles. The predicted octanol–water partition coefficient (Wildman–Crippen LogP) is 2.58. The molecule has 86 valence electrons. The summed E-state index contributed by atoms with van der Waals surface area (Å²) in [6.07, 6.45) is -0.0570. The van der Waals surface area contributed by atoms with Gasteiger partial charge >= 0.3 is 0 Å². The van der Waals surface area contributed by atoms with Gasteiger partial charge in [0.25, 0.3) is 0 Å². The Morgan fingerprint density at radius 1 is 0.929 bits per heavy atom. The molecule has 0 saturated heterocycles. The summed E-state index contributed by atoms with van der Waals surface area (Å²) in [6, 6.07) is 0. The number of aliphatic hydroxyl groups is 2. The van der Waals surface area contributed by atoms with Gasteiger partial charge in [-0.15, -0.1) is 0 Å². The van der Waals surface area contributed by atoms with Crippen LogP contribution >= 0.6 is 0 Å². The molecule has 0 aromatic rings. The Kier molecular flexibility index (Phi) is 3.80. The molecule has 0 aliphatic rings. The first-order chi connectivity index (χ1) is 5.92. The Morgan fingerprint density at radius 3 is 1.29 bits per heavy atom. The van der Waals surface area contributed by atoms with Crippen LogP contribution in [0.15, 0.2) is 0 Å². The molecule has 0 aromatic heterocycles. The van der Waals surface area contributed by atoms with Gasteiger partial charge in [0, 0.05) is 6.42 Å². The summed E-state index contributed by atoms with van der Waals surface area (Å²) in [5.74, 6) is 0. The first kappa shape index (κ1) is 13.9.